The number of rotatable bonds is 12. The highest BCUT2D eigenvalue weighted by molar-refractivity contribution is 5.99. The minimum atomic E-state index is -0.677. The third-order valence-corrected chi connectivity index (χ3v) is 12.0. The topological polar surface area (TPSA) is 184 Å². The van der Waals surface area contributed by atoms with E-state index in [-0.39, 0.29) is 62.0 Å². The molecule has 0 saturated carbocycles. The molecule has 0 aliphatic carbocycles. The molecule has 2 N–H and O–H groups in total. The van der Waals surface area contributed by atoms with Gasteiger partial charge in [-0.3, -0.25) is 29.0 Å². The summed E-state index contributed by atoms with van der Waals surface area (Å²) in [5, 5.41) is 5.86. The maximum atomic E-state index is 13.5. The lowest BCUT2D eigenvalue weighted by Gasteiger charge is -2.27. The molecule has 4 aromatic carbocycles. The molecule has 6 amide bonds. The highest BCUT2D eigenvalue weighted by Crippen LogP contribution is 2.32. The van der Waals surface area contributed by atoms with Gasteiger partial charge in [-0.15, -0.1) is 0 Å². The fourth-order valence-corrected chi connectivity index (χ4v) is 8.71. The zero-order valence-electron chi connectivity index (χ0n) is 34.3. The van der Waals surface area contributed by atoms with E-state index in [9.17, 15) is 28.8 Å². The predicted molar refractivity (Wildman–Crippen MR) is 229 cm³/mol. The SMILES string of the molecule is O=C(Nc1ccc(-c2cnc(-c3ccc(NC(=O)[C@@H]4CCCN4C(=O)CN4C(=O)OC[C@H]4c4ccccc4)cc3)o2)cc1)[C@@H]1CCCN1C(=O)CN1C(=O)OC[C@H]1c1ccccc1. The van der Waals surface area contributed by atoms with Gasteiger partial charge in [-0.05, 0) is 85.3 Å². The first-order valence-corrected chi connectivity index (χ1v) is 21.0. The Morgan fingerprint density at radius 2 is 1.03 bits per heavy atom. The number of hydrogen-bond donors (Lipinski definition) is 2. The van der Waals surface area contributed by atoms with Crippen molar-refractivity contribution in [2.24, 2.45) is 0 Å². The molecule has 4 aliphatic heterocycles. The van der Waals surface area contributed by atoms with E-state index >= 15 is 0 Å². The van der Waals surface area contributed by atoms with E-state index in [1.807, 2.05) is 60.7 Å². The van der Waals surface area contributed by atoms with E-state index in [1.165, 1.54) is 14.7 Å². The van der Waals surface area contributed by atoms with E-state index < -0.39 is 24.3 Å². The van der Waals surface area contributed by atoms with Crippen molar-refractivity contribution in [2.45, 2.75) is 49.9 Å². The zero-order valence-corrected chi connectivity index (χ0v) is 34.3. The molecule has 4 atom stereocenters. The van der Waals surface area contributed by atoms with Crippen molar-refractivity contribution in [1.29, 1.82) is 0 Å². The van der Waals surface area contributed by atoms with Crippen LogP contribution in [0.5, 0.6) is 0 Å². The first-order chi connectivity index (χ1) is 30.7. The molecule has 4 saturated heterocycles. The molecule has 9 rings (SSSR count). The van der Waals surface area contributed by atoms with Gasteiger partial charge in [-0.1, -0.05) is 60.7 Å². The Morgan fingerprint density at radius 1 is 0.587 bits per heavy atom. The second-order valence-corrected chi connectivity index (χ2v) is 15.9. The van der Waals surface area contributed by atoms with Crippen LogP contribution in [0.4, 0.5) is 21.0 Å². The molecule has 0 radical (unpaired) electrons. The van der Waals surface area contributed by atoms with Crippen molar-refractivity contribution in [2.75, 3.05) is 50.0 Å². The van der Waals surface area contributed by atoms with Crippen LogP contribution in [0.3, 0.4) is 0 Å². The normalized spacial score (nSPS) is 20.8. The monoisotopic (exact) mass is 851 g/mol. The molecule has 0 bridgehead atoms. The summed E-state index contributed by atoms with van der Waals surface area (Å²) in [5.41, 5.74) is 4.25. The first-order valence-electron chi connectivity index (χ1n) is 21.0. The van der Waals surface area contributed by atoms with Gasteiger partial charge in [0.25, 0.3) is 0 Å². The van der Waals surface area contributed by atoms with E-state index in [0.717, 1.165) is 16.7 Å². The van der Waals surface area contributed by atoms with Crippen molar-refractivity contribution < 1.29 is 42.7 Å². The van der Waals surface area contributed by atoms with Gasteiger partial charge in [0.1, 0.15) is 38.4 Å². The molecule has 0 unspecified atom stereocenters. The van der Waals surface area contributed by atoms with Gasteiger partial charge in [0.05, 0.1) is 18.3 Å². The Labute approximate surface area is 362 Å². The molecular weight excluding hydrogens is 807 g/mol. The number of likely N-dealkylation sites (tertiary alicyclic amines) is 2. The van der Waals surface area contributed by atoms with Crippen molar-refractivity contribution in [3.8, 4) is 22.8 Å². The molecule has 4 fully saturated rings. The number of carbonyl (C=O) groups excluding carboxylic acids is 6. The summed E-state index contributed by atoms with van der Waals surface area (Å²) in [6.07, 6.45) is 2.84. The standard InChI is InChI=1S/C47H45N7O9/c55-41(26-53-38(28-61-46(53)59)30-9-3-1-4-10-30)51-23-7-13-36(51)43(57)49-34-19-15-32(16-20-34)40-25-48-45(63-40)33-17-21-35(22-18-33)50-44(58)37-14-8-24-52(37)42(56)27-54-39(29-62-47(54)60)31-11-5-2-6-12-31/h1-6,9-12,15-22,25,36-39H,7-8,13-14,23-24,26-29H2,(H,49,57)(H,50,58)/t36-,37-,38-,39-/m0/s1. The number of nitrogens with one attached hydrogen (secondary N) is 2. The van der Waals surface area contributed by atoms with Crippen molar-refractivity contribution in [3.63, 3.8) is 0 Å². The fraction of sp³-hybridized carbons (Fsp3) is 0.298. The number of aromatic nitrogens is 1. The number of carbonyl (C=O) groups is 6. The highest BCUT2D eigenvalue weighted by Gasteiger charge is 2.41. The number of cyclic esters (lactones) is 2. The Hall–Kier alpha value is -7.49. The van der Waals surface area contributed by atoms with Crippen LogP contribution in [0.25, 0.3) is 22.8 Å². The van der Waals surface area contributed by atoms with Gasteiger partial charge < -0.3 is 34.3 Å². The first kappa shape index (κ1) is 40.9. The number of benzene rings is 4. The molecule has 1 aromatic heterocycles. The summed E-state index contributed by atoms with van der Waals surface area (Å²) in [4.78, 5) is 89.3. The molecule has 5 heterocycles. The molecule has 63 heavy (non-hydrogen) atoms. The van der Waals surface area contributed by atoms with Gasteiger partial charge in [0.2, 0.25) is 29.5 Å². The van der Waals surface area contributed by atoms with Crippen LogP contribution >= 0.6 is 0 Å². The van der Waals surface area contributed by atoms with Crippen LogP contribution < -0.4 is 10.6 Å². The van der Waals surface area contributed by atoms with Crippen LogP contribution in [0.2, 0.25) is 0 Å². The second-order valence-electron chi connectivity index (χ2n) is 15.9. The zero-order chi connectivity index (χ0) is 43.5. The van der Waals surface area contributed by atoms with E-state index in [4.69, 9.17) is 13.9 Å². The van der Waals surface area contributed by atoms with Crippen molar-refractivity contribution in [1.82, 2.24) is 24.6 Å². The maximum absolute atomic E-state index is 13.5. The lowest BCUT2D eigenvalue weighted by molar-refractivity contribution is -0.137. The Kier molecular flexibility index (Phi) is 11.6. The van der Waals surface area contributed by atoms with Crippen LogP contribution in [0.15, 0.2) is 120 Å². The largest absolute Gasteiger partial charge is 0.447 e. The number of ether oxygens (including phenoxy) is 2. The van der Waals surface area contributed by atoms with Crippen molar-refractivity contribution in [3.05, 3.63) is 127 Å². The Balaban J connectivity index is 0.773. The van der Waals surface area contributed by atoms with E-state index in [0.29, 0.717) is 67.4 Å². The molecule has 16 nitrogen and oxygen atoms in total. The van der Waals surface area contributed by atoms with Gasteiger partial charge in [0.15, 0.2) is 5.76 Å². The summed E-state index contributed by atoms with van der Waals surface area (Å²) in [6.45, 7) is 0.779. The quantitative estimate of drug-likeness (QED) is 0.145. The van der Waals surface area contributed by atoms with Crippen LogP contribution in [-0.2, 0) is 28.7 Å². The summed E-state index contributed by atoms with van der Waals surface area (Å²) in [6, 6.07) is 30.9. The molecule has 5 aromatic rings. The molecule has 4 aliphatic rings. The smallest absolute Gasteiger partial charge is 0.410 e. The Bertz CT molecular complexity index is 2330. The average molecular weight is 852 g/mol. The van der Waals surface area contributed by atoms with E-state index in [1.54, 1.807) is 59.6 Å². The molecule has 16 heteroatoms. The fourth-order valence-electron chi connectivity index (χ4n) is 8.71. The van der Waals surface area contributed by atoms with Crippen LogP contribution in [-0.4, -0.2) is 112 Å². The lowest BCUT2D eigenvalue weighted by Crippen LogP contribution is -2.47. The van der Waals surface area contributed by atoms with Gasteiger partial charge in [-0.2, -0.15) is 0 Å². The molecular formula is C47H45N7O9. The van der Waals surface area contributed by atoms with E-state index in [2.05, 4.69) is 15.6 Å². The molecule has 0 spiro atoms. The molecule has 322 valence electrons. The summed E-state index contributed by atoms with van der Waals surface area (Å²) in [5.74, 6) is -0.373. The number of amides is 6. The third kappa shape index (κ3) is 8.69. The van der Waals surface area contributed by atoms with Gasteiger partial charge in [-0.25, -0.2) is 14.6 Å². The number of oxazole rings is 1. The minimum absolute atomic E-state index is 0.158. The summed E-state index contributed by atoms with van der Waals surface area (Å²) in [7, 11) is 0. The van der Waals surface area contributed by atoms with Crippen LogP contribution in [0.1, 0.15) is 48.9 Å². The van der Waals surface area contributed by atoms with Crippen molar-refractivity contribution >= 4 is 47.2 Å². The average Bonchev–Trinajstić information content (AvgIpc) is 4.17. The third-order valence-electron chi connectivity index (χ3n) is 12.0. The van der Waals surface area contributed by atoms with Gasteiger partial charge in [0, 0.05) is 35.6 Å². The second kappa shape index (κ2) is 17.8. The summed E-state index contributed by atoms with van der Waals surface area (Å²) < 4.78 is 16.6. The number of anilines is 2. The predicted octanol–water partition coefficient (Wildman–Crippen LogP) is 6.25. The van der Waals surface area contributed by atoms with Crippen LogP contribution in [0, 0.1) is 0 Å². The van der Waals surface area contributed by atoms with Gasteiger partial charge >= 0.3 is 12.2 Å². The Morgan fingerprint density at radius 3 is 1.49 bits per heavy atom. The summed E-state index contributed by atoms with van der Waals surface area (Å²) >= 11 is 0. The lowest BCUT2D eigenvalue weighted by atomic mass is 10.1. The number of hydrogen-bond acceptors (Lipinski definition) is 10. The highest BCUT2D eigenvalue weighted by atomic mass is 16.6. The number of nitrogens with zero attached hydrogens (tertiary/aromatic N) is 5. The minimum Gasteiger partial charge on any atom is -0.447 e. The maximum Gasteiger partial charge on any atom is 0.410 e.